The van der Waals surface area contributed by atoms with Crippen LogP contribution in [0.15, 0.2) is 6.07 Å². The van der Waals surface area contributed by atoms with E-state index in [0.29, 0.717) is 12.6 Å². The SMILES string of the molecule is CCC(C)NCC(=O)c1c(C)c(C)cc(C)c1C. The van der Waals surface area contributed by atoms with Gasteiger partial charge in [0.05, 0.1) is 6.54 Å². The first-order valence-electron chi connectivity index (χ1n) is 6.72. The zero-order valence-corrected chi connectivity index (χ0v) is 12.5. The maximum Gasteiger partial charge on any atom is 0.177 e. The Balaban J connectivity index is 2.99. The van der Waals surface area contributed by atoms with Crippen molar-refractivity contribution in [3.63, 3.8) is 0 Å². The molecule has 2 heteroatoms. The molecule has 1 rings (SSSR count). The van der Waals surface area contributed by atoms with Gasteiger partial charge in [-0.05, 0) is 63.3 Å². The summed E-state index contributed by atoms with van der Waals surface area (Å²) in [5, 5.41) is 3.27. The zero-order chi connectivity index (χ0) is 13.9. The minimum atomic E-state index is 0.206. The van der Waals surface area contributed by atoms with Gasteiger partial charge >= 0.3 is 0 Å². The fourth-order valence-corrected chi connectivity index (χ4v) is 2.13. The summed E-state index contributed by atoms with van der Waals surface area (Å²) in [7, 11) is 0. The molecular formula is C16H25NO. The molecule has 0 aromatic heterocycles. The van der Waals surface area contributed by atoms with Crippen molar-refractivity contribution in [2.24, 2.45) is 0 Å². The maximum atomic E-state index is 12.3. The summed E-state index contributed by atoms with van der Waals surface area (Å²) in [4.78, 5) is 12.3. The Morgan fingerprint density at radius 2 is 1.67 bits per heavy atom. The number of hydrogen-bond donors (Lipinski definition) is 1. The van der Waals surface area contributed by atoms with E-state index in [-0.39, 0.29) is 5.78 Å². The Kier molecular flexibility index (Phi) is 5.09. The molecule has 0 radical (unpaired) electrons. The molecule has 0 aliphatic carbocycles. The van der Waals surface area contributed by atoms with Crippen LogP contribution in [-0.4, -0.2) is 18.4 Å². The van der Waals surface area contributed by atoms with Gasteiger partial charge < -0.3 is 5.32 Å². The summed E-state index contributed by atoms with van der Waals surface area (Å²) in [5.41, 5.74) is 5.54. The highest BCUT2D eigenvalue weighted by molar-refractivity contribution is 6.00. The average molecular weight is 247 g/mol. The third kappa shape index (κ3) is 3.20. The Hall–Kier alpha value is -1.15. The first kappa shape index (κ1) is 14.9. The van der Waals surface area contributed by atoms with Crippen LogP contribution in [0.2, 0.25) is 0 Å². The van der Waals surface area contributed by atoms with E-state index in [1.54, 1.807) is 0 Å². The van der Waals surface area contributed by atoms with Gasteiger partial charge in [-0.1, -0.05) is 13.0 Å². The van der Waals surface area contributed by atoms with E-state index in [2.05, 4.69) is 39.1 Å². The number of nitrogens with one attached hydrogen (secondary N) is 1. The van der Waals surface area contributed by atoms with Crippen molar-refractivity contribution in [3.05, 3.63) is 33.9 Å². The van der Waals surface area contributed by atoms with Crippen molar-refractivity contribution < 1.29 is 4.79 Å². The molecule has 1 aromatic carbocycles. The summed E-state index contributed by atoms with van der Waals surface area (Å²) in [6.45, 7) is 12.9. The van der Waals surface area contributed by atoms with E-state index < -0.39 is 0 Å². The van der Waals surface area contributed by atoms with Gasteiger partial charge in [-0.15, -0.1) is 0 Å². The topological polar surface area (TPSA) is 29.1 Å². The highest BCUT2D eigenvalue weighted by atomic mass is 16.1. The van der Waals surface area contributed by atoms with Crippen LogP contribution in [0.1, 0.15) is 52.9 Å². The maximum absolute atomic E-state index is 12.3. The van der Waals surface area contributed by atoms with E-state index in [1.165, 1.54) is 11.1 Å². The minimum Gasteiger partial charge on any atom is -0.307 e. The molecular weight excluding hydrogens is 222 g/mol. The third-order valence-electron chi connectivity index (χ3n) is 3.87. The number of aryl methyl sites for hydroxylation is 2. The monoisotopic (exact) mass is 247 g/mol. The van der Waals surface area contributed by atoms with Gasteiger partial charge in [-0.25, -0.2) is 0 Å². The molecule has 0 fully saturated rings. The molecule has 1 aromatic rings. The van der Waals surface area contributed by atoms with Gasteiger partial charge in [-0.2, -0.15) is 0 Å². The van der Waals surface area contributed by atoms with Crippen molar-refractivity contribution in [1.82, 2.24) is 5.32 Å². The fourth-order valence-electron chi connectivity index (χ4n) is 2.13. The van der Waals surface area contributed by atoms with Crippen LogP contribution in [0.25, 0.3) is 0 Å². The van der Waals surface area contributed by atoms with Crippen molar-refractivity contribution in [3.8, 4) is 0 Å². The summed E-state index contributed by atoms with van der Waals surface area (Å²) in [5.74, 6) is 0.206. The van der Waals surface area contributed by atoms with Gasteiger partial charge in [0, 0.05) is 11.6 Å². The molecule has 1 N–H and O–H groups in total. The molecule has 1 atom stereocenters. The van der Waals surface area contributed by atoms with Crippen LogP contribution in [0.4, 0.5) is 0 Å². The number of hydrogen-bond acceptors (Lipinski definition) is 2. The smallest absolute Gasteiger partial charge is 0.177 e. The number of rotatable bonds is 5. The largest absolute Gasteiger partial charge is 0.307 e. The van der Waals surface area contributed by atoms with Gasteiger partial charge in [0.25, 0.3) is 0 Å². The Morgan fingerprint density at radius 3 is 2.11 bits per heavy atom. The molecule has 0 bridgehead atoms. The third-order valence-corrected chi connectivity index (χ3v) is 3.87. The number of carbonyl (C=O) groups excluding carboxylic acids is 1. The molecule has 0 heterocycles. The quantitative estimate of drug-likeness (QED) is 0.807. The van der Waals surface area contributed by atoms with Crippen LogP contribution >= 0.6 is 0 Å². The van der Waals surface area contributed by atoms with E-state index in [1.807, 2.05) is 13.8 Å². The Bertz CT molecular complexity index is 423. The van der Waals surface area contributed by atoms with Crippen molar-refractivity contribution >= 4 is 5.78 Å². The van der Waals surface area contributed by atoms with Crippen LogP contribution < -0.4 is 5.32 Å². The normalized spacial score (nSPS) is 12.6. The number of Topliss-reactive ketones (excluding diaryl/α,β-unsaturated/α-hetero) is 1. The average Bonchev–Trinajstić information content (AvgIpc) is 2.33. The second-order valence-electron chi connectivity index (χ2n) is 5.25. The number of ketones is 1. The first-order valence-corrected chi connectivity index (χ1v) is 6.72. The molecule has 0 spiro atoms. The molecule has 0 aliphatic rings. The molecule has 0 saturated heterocycles. The highest BCUT2D eigenvalue weighted by Crippen LogP contribution is 2.21. The standard InChI is InChI=1S/C16H25NO/c1-7-12(4)17-9-15(18)16-13(5)10(2)8-11(3)14(16)6/h8,12,17H,7,9H2,1-6H3. The summed E-state index contributed by atoms with van der Waals surface area (Å²) >= 11 is 0. The van der Waals surface area contributed by atoms with E-state index >= 15 is 0 Å². The molecule has 100 valence electrons. The highest BCUT2D eigenvalue weighted by Gasteiger charge is 2.15. The second-order valence-corrected chi connectivity index (χ2v) is 5.25. The Morgan fingerprint density at radius 1 is 1.17 bits per heavy atom. The lowest BCUT2D eigenvalue weighted by Crippen LogP contribution is -2.31. The van der Waals surface area contributed by atoms with Crippen LogP contribution in [-0.2, 0) is 0 Å². The zero-order valence-electron chi connectivity index (χ0n) is 12.5. The van der Waals surface area contributed by atoms with Gasteiger partial charge in [0.15, 0.2) is 5.78 Å². The van der Waals surface area contributed by atoms with E-state index in [0.717, 1.165) is 23.1 Å². The van der Waals surface area contributed by atoms with Gasteiger partial charge in [-0.3, -0.25) is 4.79 Å². The van der Waals surface area contributed by atoms with Crippen molar-refractivity contribution in [2.45, 2.75) is 54.0 Å². The minimum absolute atomic E-state index is 0.206. The summed E-state index contributed by atoms with van der Waals surface area (Å²) < 4.78 is 0. The van der Waals surface area contributed by atoms with E-state index in [4.69, 9.17) is 0 Å². The van der Waals surface area contributed by atoms with E-state index in [9.17, 15) is 4.79 Å². The lowest BCUT2D eigenvalue weighted by atomic mass is 9.91. The van der Waals surface area contributed by atoms with Crippen molar-refractivity contribution in [2.75, 3.05) is 6.54 Å². The molecule has 18 heavy (non-hydrogen) atoms. The van der Waals surface area contributed by atoms with Gasteiger partial charge in [0.2, 0.25) is 0 Å². The summed E-state index contributed by atoms with van der Waals surface area (Å²) in [6, 6.07) is 2.55. The second kappa shape index (κ2) is 6.14. The van der Waals surface area contributed by atoms with Gasteiger partial charge in [0.1, 0.15) is 0 Å². The predicted octanol–water partition coefficient (Wildman–Crippen LogP) is 3.49. The molecule has 2 nitrogen and oxygen atoms in total. The fraction of sp³-hybridized carbons (Fsp3) is 0.562. The van der Waals surface area contributed by atoms with Crippen LogP contribution in [0.3, 0.4) is 0 Å². The van der Waals surface area contributed by atoms with Crippen LogP contribution in [0, 0.1) is 27.7 Å². The van der Waals surface area contributed by atoms with Crippen molar-refractivity contribution in [1.29, 1.82) is 0 Å². The predicted molar refractivity (Wildman–Crippen MR) is 77.5 cm³/mol. The molecule has 0 saturated carbocycles. The van der Waals surface area contributed by atoms with Crippen LogP contribution in [0.5, 0.6) is 0 Å². The first-order chi connectivity index (χ1) is 8.38. The lowest BCUT2D eigenvalue weighted by molar-refractivity contribution is 0.0986. The molecule has 0 aliphatic heterocycles. The number of benzene rings is 1. The summed E-state index contributed by atoms with van der Waals surface area (Å²) in [6.07, 6.45) is 1.04. The molecule has 1 unspecified atom stereocenters. The molecule has 0 amide bonds. The Labute approximate surface area is 111 Å². The number of carbonyl (C=O) groups is 1. The lowest BCUT2D eigenvalue weighted by Gasteiger charge is -2.16.